The maximum Gasteiger partial charge on any atom is 0.140 e. The molecule has 2 nitrogen and oxygen atoms in total. The van der Waals surface area contributed by atoms with Crippen LogP contribution in [0.1, 0.15) is 22.3 Å². The standard InChI is InChI=1S/C63H39NOS/c1-2-15-40(16-3-1)41-29-33-44(34-30-41)64(58-26-14-23-52-51-22-9-13-28-60(51)66-62(52)58)57-38-36-45(47-19-6-7-21-50(47)57)43-31-35-49-48-20-8-10-24-53(48)63(56(49)39-43)54-25-11-12-27-59(54)65-61-46-18-5-4-17-42(46)32-37-55(61)63/h1-39H. The quantitative estimate of drug-likeness (QED) is 0.171. The largest absolute Gasteiger partial charge is 0.456 e. The first-order valence-electron chi connectivity index (χ1n) is 22.7. The van der Waals surface area contributed by atoms with Gasteiger partial charge in [-0.25, -0.2) is 0 Å². The highest BCUT2D eigenvalue weighted by molar-refractivity contribution is 7.26. The number of hydrogen-bond acceptors (Lipinski definition) is 3. The Bertz CT molecular complexity index is 3920. The molecule has 66 heavy (non-hydrogen) atoms. The zero-order valence-corrected chi connectivity index (χ0v) is 36.6. The molecule has 11 aromatic carbocycles. The van der Waals surface area contributed by atoms with Crippen LogP contribution in [-0.2, 0) is 5.41 Å². The second kappa shape index (κ2) is 14.4. The Balaban J connectivity index is 0.993. The van der Waals surface area contributed by atoms with Crippen LogP contribution >= 0.6 is 11.3 Å². The number of nitrogens with zero attached hydrogens (tertiary/aromatic N) is 1. The maximum absolute atomic E-state index is 6.96. The van der Waals surface area contributed by atoms with Crippen LogP contribution in [0.3, 0.4) is 0 Å². The Kier molecular flexibility index (Phi) is 8.10. The first-order valence-corrected chi connectivity index (χ1v) is 23.5. The number of benzene rings is 11. The summed E-state index contributed by atoms with van der Waals surface area (Å²) in [4.78, 5) is 2.48. The molecule has 14 rings (SSSR count). The lowest BCUT2D eigenvalue weighted by molar-refractivity contribution is 0.442. The lowest BCUT2D eigenvalue weighted by Gasteiger charge is -2.40. The van der Waals surface area contributed by atoms with Crippen LogP contribution < -0.4 is 9.64 Å². The fraction of sp³-hybridized carbons (Fsp3) is 0.0159. The van der Waals surface area contributed by atoms with Crippen LogP contribution in [0.4, 0.5) is 17.1 Å². The molecule has 0 saturated carbocycles. The van der Waals surface area contributed by atoms with E-state index in [4.69, 9.17) is 4.74 Å². The Hall–Kier alpha value is -8.24. The summed E-state index contributed by atoms with van der Waals surface area (Å²) in [5.74, 6) is 1.83. The molecule has 0 radical (unpaired) electrons. The molecule has 1 atom stereocenters. The molecule has 12 aromatic rings. The van der Waals surface area contributed by atoms with E-state index in [9.17, 15) is 0 Å². The van der Waals surface area contributed by atoms with Gasteiger partial charge in [0.05, 0.1) is 21.5 Å². The second-order valence-electron chi connectivity index (χ2n) is 17.5. The molecule has 1 aliphatic heterocycles. The fourth-order valence-electron chi connectivity index (χ4n) is 11.3. The van der Waals surface area contributed by atoms with Crippen molar-refractivity contribution < 1.29 is 4.74 Å². The average molecular weight is 858 g/mol. The minimum atomic E-state index is -0.586. The molecule has 1 unspecified atom stereocenters. The summed E-state index contributed by atoms with van der Waals surface area (Å²) in [5.41, 5.74) is 15.0. The average Bonchev–Trinajstić information content (AvgIpc) is 3.91. The number of thiophene rings is 1. The van der Waals surface area contributed by atoms with Crippen molar-refractivity contribution in [2.75, 3.05) is 4.90 Å². The second-order valence-corrected chi connectivity index (χ2v) is 18.5. The molecule has 0 N–H and O–H groups in total. The van der Waals surface area contributed by atoms with Gasteiger partial charge in [-0.2, -0.15) is 0 Å². The Labute approximate surface area is 386 Å². The number of fused-ring (bicyclic) bond motifs is 15. The molecule has 0 saturated heterocycles. The summed E-state index contributed by atoms with van der Waals surface area (Å²) in [7, 11) is 0. The van der Waals surface area contributed by atoms with E-state index in [1.54, 1.807) is 0 Å². The van der Waals surface area contributed by atoms with Crippen LogP contribution in [0.5, 0.6) is 11.5 Å². The third-order valence-electron chi connectivity index (χ3n) is 14.1. The molecule has 0 amide bonds. The van der Waals surface area contributed by atoms with Gasteiger partial charge in [-0.1, -0.05) is 194 Å². The van der Waals surface area contributed by atoms with E-state index in [1.807, 2.05) is 11.3 Å². The first-order chi connectivity index (χ1) is 32.7. The zero-order chi connectivity index (χ0) is 43.3. The van der Waals surface area contributed by atoms with Crippen molar-refractivity contribution in [3.05, 3.63) is 259 Å². The Morgan fingerprint density at radius 2 is 1.02 bits per heavy atom. The van der Waals surface area contributed by atoms with Crippen molar-refractivity contribution >= 4 is 70.1 Å². The SMILES string of the molecule is c1ccc(-c2ccc(N(c3ccc(-c4ccc5c(c4)C4(c6ccccc6Oc6c4ccc4ccccc64)c4ccccc4-5)c4ccccc34)c3cccc4c3sc3ccccc34)cc2)cc1. The normalized spacial score (nSPS) is 14.5. The molecule has 2 heterocycles. The van der Waals surface area contributed by atoms with Gasteiger partial charge in [-0.3, -0.25) is 0 Å². The monoisotopic (exact) mass is 857 g/mol. The molecule has 1 aliphatic carbocycles. The van der Waals surface area contributed by atoms with Gasteiger partial charge in [0.15, 0.2) is 0 Å². The predicted octanol–water partition coefficient (Wildman–Crippen LogP) is 17.6. The van der Waals surface area contributed by atoms with Crippen molar-refractivity contribution in [2.24, 2.45) is 0 Å². The number of ether oxygens (including phenoxy) is 1. The molecule has 3 heteroatoms. The van der Waals surface area contributed by atoms with Crippen molar-refractivity contribution in [1.82, 2.24) is 0 Å². The number of anilines is 3. The maximum atomic E-state index is 6.96. The van der Waals surface area contributed by atoms with Gasteiger partial charge < -0.3 is 9.64 Å². The summed E-state index contributed by atoms with van der Waals surface area (Å²) < 4.78 is 9.52. The molecular weight excluding hydrogens is 819 g/mol. The summed E-state index contributed by atoms with van der Waals surface area (Å²) in [6.45, 7) is 0. The number of rotatable bonds is 5. The van der Waals surface area contributed by atoms with E-state index in [0.29, 0.717) is 0 Å². The van der Waals surface area contributed by atoms with E-state index in [0.717, 1.165) is 28.3 Å². The van der Waals surface area contributed by atoms with Crippen LogP contribution in [0, 0.1) is 0 Å². The minimum Gasteiger partial charge on any atom is -0.456 e. The molecule has 0 bridgehead atoms. The Morgan fingerprint density at radius 1 is 0.364 bits per heavy atom. The van der Waals surface area contributed by atoms with Gasteiger partial charge in [0.25, 0.3) is 0 Å². The van der Waals surface area contributed by atoms with Gasteiger partial charge in [-0.05, 0) is 97.7 Å². The smallest absolute Gasteiger partial charge is 0.140 e. The summed E-state index contributed by atoms with van der Waals surface area (Å²) in [6, 6.07) is 86.9. The third-order valence-corrected chi connectivity index (χ3v) is 15.4. The van der Waals surface area contributed by atoms with Crippen LogP contribution in [0.2, 0.25) is 0 Å². The molecular formula is C63H39NOS. The summed E-state index contributed by atoms with van der Waals surface area (Å²) >= 11 is 1.87. The van der Waals surface area contributed by atoms with E-state index >= 15 is 0 Å². The van der Waals surface area contributed by atoms with E-state index < -0.39 is 5.41 Å². The van der Waals surface area contributed by atoms with Crippen molar-refractivity contribution in [3.8, 4) is 44.9 Å². The van der Waals surface area contributed by atoms with Gasteiger partial charge in [0.1, 0.15) is 11.5 Å². The van der Waals surface area contributed by atoms with Gasteiger partial charge >= 0.3 is 0 Å². The van der Waals surface area contributed by atoms with Crippen LogP contribution in [0.15, 0.2) is 237 Å². The van der Waals surface area contributed by atoms with E-state index in [-0.39, 0.29) is 0 Å². The summed E-state index contributed by atoms with van der Waals surface area (Å²) in [5, 5.41) is 7.25. The van der Waals surface area contributed by atoms with Crippen molar-refractivity contribution in [2.45, 2.75) is 5.41 Å². The van der Waals surface area contributed by atoms with Gasteiger partial charge in [0, 0.05) is 43.1 Å². The van der Waals surface area contributed by atoms with Crippen molar-refractivity contribution in [1.29, 1.82) is 0 Å². The summed E-state index contributed by atoms with van der Waals surface area (Å²) in [6.07, 6.45) is 0. The van der Waals surface area contributed by atoms with Crippen LogP contribution in [-0.4, -0.2) is 0 Å². The lowest BCUT2D eigenvalue weighted by Crippen LogP contribution is -2.32. The fourth-order valence-corrected chi connectivity index (χ4v) is 12.5. The highest BCUT2D eigenvalue weighted by Gasteiger charge is 2.51. The van der Waals surface area contributed by atoms with Gasteiger partial charge in [-0.15, -0.1) is 11.3 Å². The number of para-hydroxylation sites is 1. The highest BCUT2D eigenvalue weighted by atomic mass is 32.1. The molecule has 0 fully saturated rings. The van der Waals surface area contributed by atoms with Crippen LogP contribution in [0.25, 0.3) is 75.1 Å². The van der Waals surface area contributed by atoms with Gasteiger partial charge in [0.2, 0.25) is 0 Å². The topological polar surface area (TPSA) is 12.5 Å². The van der Waals surface area contributed by atoms with E-state index in [2.05, 4.69) is 241 Å². The van der Waals surface area contributed by atoms with E-state index in [1.165, 1.54) is 97.7 Å². The lowest BCUT2D eigenvalue weighted by atomic mass is 9.65. The zero-order valence-electron chi connectivity index (χ0n) is 35.8. The minimum absolute atomic E-state index is 0.586. The van der Waals surface area contributed by atoms with Crippen molar-refractivity contribution in [3.63, 3.8) is 0 Å². The number of hydrogen-bond donors (Lipinski definition) is 0. The molecule has 2 aliphatic rings. The Morgan fingerprint density at radius 3 is 1.89 bits per heavy atom. The molecule has 308 valence electrons. The predicted molar refractivity (Wildman–Crippen MR) is 277 cm³/mol. The first kappa shape index (κ1) is 37.2. The third kappa shape index (κ3) is 5.29. The highest BCUT2D eigenvalue weighted by Crippen LogP contribution is 2.63. The molecule has 1 spiro atoms. The molecule has 1 aromatic heterocycles.